The molecule has 2 N–H and O–H groups in total. The van der Waals surface area contributed by atoms with Gasteiger partial charge in [-0.2, -0.15) is 0 Å². The van der Waals surface area contributed by atoms with Crippen LogP contribution in [0.5, 0.6) is 5.75 Å². The highest BCUT2D eigenvalue weighted by Gasteiger charge is 2.37. The number of alkyl halides is 1. The van der Waals surface area contributed by atoms with Crippen molar-refractivity contribution in [2.75, 3.05) is 56.2 Å². The number of nitrogens with one attached hydrogen (secondary N) is 2. The summed E-state index contributed by atoms with van der Waals surface area (Å²) in [5.41, 5.74) is 1.12. The second-order valence-corrected chi connectivity index (χ2v) is 9.60. The largest absolute Gasteiger partial charge is 0.497 e. The summed E-state index contributed by atoms with van der Waals surface area (Å²) in [7, 11) is -1.48. The number of anilines is 1. The first-order valence-corrected chi connectivity index (χ1v) is 11.0. The van der Waals surface area contributed by atoms with Gasteiger partial charge in [-0.05, 0) is 12.1 Å². The van der Waals surface area contributed by atoms with Crippen LogP contribution in [-0.2, 0) is 14.6 Å². The maximum atomic E-state index is 12.2. The zero-order valence-corrected chi connectivity index (χ0v) is 16.4. The predicted octanol–water partition coefficient (Wildman–Crippen LogP) is -1.08. The van der Waals surface area contributed by atoms with Crippen LogP contribution in [0.3, 0.4) is 0 Å². The molecule has 144 valence electrons. The van der Waals surface area contributed by atoms with Crippen LogP contribution in [0, 0.1) is 0 Å². The first kappa shape index (κ1) is 19.3. The summed E-state index contributed by atoms with van der Waals surface area (Å²) in [5.74, 6) is 0.568. The van der Waals surface area contributed by atoms with Gasteiger partial charge in [0, 0.05) is 11.8 Å². The first-order chi connectivity index (χ1) is 12.4. The van der Waals surface area contributed by atoms with E-state index in [1.54, 1.807) is 7.11 Å². The van der Waals surface area contributed by atoms with Gasteiger partial charge in [0.1, 0.15) is 5.75 Å². The normalized spacial score (nSPS) is 25.8. The third-order valence-corrected chi connectivity index (χ3v) is 7.30. The highest BCUT2D eigenvalue weighted by atomic mass is 35.5. The van der Waals surface area contributed by atoms with E-state index in [9.17, 15) is 13.2 Å². The lowest BCUT2D eigenvalue weighted by atomic mass is 10.2. The van der Waals surface area contributed by atoms with E-state index in [4.69, 9.17) is 16.3 Å². The first-order valence-electron chi connectivity index (χ1n) is 8.73. The van der Waals surface area contributed by atoms with Gasteiger partial charge in [0.15, 0.2) is 16.4 Å². The van der Waals surface area contributed by atoms with E-state index in [0.717, 1.165) is 37.6 Å². The van der Waals surface area contributed by atoms with E-state index in [2.05, 4.69) is 16.3 Å². The molecular formula is C17H25ClN3O4S+. The molecule has 0 unspecified atom stereocenters. The van der Waals surface area contributed by atoms with Crippen LogP contribution in [0.15, 0.2) is 24.3 Å². The van der Waals surface area contributed by atoms with E-state index in [1.165, 1.54) is 4.90 Å². The number of hydrogen-bond acceptors (Lipinski definition) is 5. The third kappa shape index (κ3) is 4.81. The van der Waals surface area contributed by atoms with E-state index >= 15 is 0 Å². The van der Waals surface area contributed by atoms with Crippen molar-refractivity contribution in [2.45, 2.75) is 11.4 Å². The predicted molar refractivity (Wildman–Crippen MR) is 101 cm³/mol. The SMILES string of the molecule is COc1cccc(N2CC[NH+](CC(=O)N[C@@H]3CS(=O)(=O)C[C@H]3Cl)CC2)c1. The van der Waals surface area contributed by atoms with Crippen LogP contribution in [0.2, 0.25) is 0 Å². The number of amides is 1. The Hall–Kier alpha value is -1.51. The van der Waals surface area contributed by atoms with Crippen LogP contribution >= 0.6 is 11.6 Å². The summed E-state index contributed by atoms with van der Waals surface area (Å²) < 4.78 is 28.4. The Kier molecular flexibility index (Phi) is 5.94. The fourth-order valence-electron chi connectivity index (χ4n) is 3.49. The van der Waals surface area contributed by atoms with E-state index < -0.39 is 21.3 Å². The van der Waals surface area contributed by atoms with Gasteiger partial charge in [0.05, 0.1) is 56.2 Å². The minimum Gasteiger partial charge on any atom is -0.497 e. The van der Waals surface area contributed by atoms with Gasteiger partial charge in [-0.25, -0.2) is 8.42 Å². The number of carbonyl (C=O) groups excluding carboxylic acids is 1. The molecule has 1 aromatic rings. The van der Waals surface area contributed by atoms with Gasteiger partial charge in [0.2, 0.25) is 0 Å². The number of quaternary nitrogens is 1. The number of halogens is 1. The van der Waals surface area contributed by atoms with Crippen molar-refractivity contribution in [1.82, 2.24) is 5.32 Å². The number of carbonyl (C=O) groups is 1. The molecule has 0 spiro atoms. The molecule has 2 fully saturated rings. The van der Waals surface area contributed by atoms with Gasteiger partial charge in [0.25, 0.3) is 5.91 Å². The summed E-state index contributed by atoms with van der Waals surface area (Å²) >= 11 is 6.04. The quantitative estimate of drug-likeness (QED) is 0.612. The Labute approximate surface area is 159 Å². The lowest BCUT2D eigenvalue weighted by Gasteiger charge is -2.33. The minimum atomic E-state index is -3.14. The van der Waals surface area contributed by atoms with Crippen LogP contribution in [0.4, 0.5) is 5.69 Å². The molecule has 2 heterocycles. The highest BCUT2D eigenvalue weighted by Crippen LogP contribution is 2.20. The monoisotopic (exact) mass is 402 g/mol. The summed E-state index contributed by atoms with van der Waals surface area (Å²) in [4.78, 5) is 15.7. The van der Waals surface area contributed by atoms with Crippen molar-refractivity contribution in [3.05, 3.63) is 24.3 Å². The molecule has 2 saturated heterocycles. The van der Waals surface area contributed by atoms with Crippen molar-refractivity contribution in [2.24, 2.45) is 0 Å². The number of rotatable bonds is 5. The van der Waals surface area contributed by atoms with Gasteiger partial charge in [-0.1, -0.05) is 6.07 Å². The summed E-state index contributed by atoms with van der Waals surface area (Å²) in [5, 5.41) is 2.25. The topological polar surface area (TPSA) is 80.2 Å². The average Bonchev–Trinajstić information content (AvgIpc) is 2.87. The van der Waals surface area contributed by atoms with E-state index in [-0.39, 0.29) is 17.4 Å². The number of ether oxygens (including phenoxy) is 1. The second-order valence-electron chi connectivity index (χ2n) is 6.88. The molecule has 2 atom stereocenters. The summed E-state index contributed by atoms with van der Waals surface area (Å²) in [6.45, 7) is 3.74. The molecule has 0 saturated carbocycles. The number of hydrogen-bond donors (Lipinski definition) is 2. The summed E-state index contributed by atoms with van der Waals surface area (Å²) in [6, 6.07) is 7.48. The molecule has 9 heteroatoms. The zero-order chi connectivity index (χ0) is 18.7. The maximum absolute atomic E-state index is 12.2. The lowest BCUT2D eigenvalue weighted by Crippen LogP contribution is -3.16. The fourth-order valence-corrected chi connectivity index (χ4v) is 6.04. The number of sulfone groups is 1. The molecule has 7 nitrogen and oxygen atoms in total. The Morgan fingerprint density at radius 3 is 2.69 bits per heavy atom. The van der Waals surface area contributed by atoms with Crippen molar-refractivity contribution in [1.29, 1.82) is 0 Å². The molecule has 1 amide bonds. The van der Waals surface area contributed by atoms with Gasteiger partial charge >= 0.3 is 0 Å². The van der Waals surface area contributed by atoms with Gasteiger partial charge < -0.3 is 19.9 Å². The van der Waals surface area contributed by atoms with Gasteiger partial charge in [-0.15, -0.1) is 11.6 Å². The number of methoxy groups -OCH3 is 1. The van der Waals surface area contributed by atoms with Crippen LogP contribution in [0.1, 0.15) is 0 Å². The molecule has 0 radical (unpaired) electrons. The van der Waals surface area contributed by atoms with Crippen molar-refractivity contribution in [3.8, 4) is 5.75 Å². The Morgan fingerprint density at radius 1 is 1.35 bits per heavy atom. The molecule has 3 rings (SSSR count). The van der Waals surface area contributed by atoms with Crippen LogP contribution < -0.4 is 19.9 Å². The van der Waals surface area contributed by atoms with Crippen molar-refractivity contribution < 1.29 is 22.8 Å². The van der Waals surface area contributed by atoms with Crippen molar-refractivity contribution in [3.63, 3.8) is 0 Å². The van der Waals surface area contributed by atoms with E-state index in [0.29, 0.717) is 6.54 Å². The minimum absolute atomic E-state index is 0.0636. The molecule has 1 aromatic carbocycles. The Bertz CT molecular complexity index is 750. The van der Waals surface area contributed by atoms with Crippen molar-refractivity contribution >= 4 is 33.0 Å². The summed E-state index contributed by atoms with van der Waals surface area (Å²) in [6.07, 6.45) is 0. The number of nitrogens with zero attached hydrogens (tertiary/aromatic N) is 1. The standard InChI is InChI=1S/C17H24ClN3O4S/c1-25-14-4-2-3-13(9-14)21-7-5-20(6-8-21)10-17(22)19-16-12-26(23,24)11-15(16)18/h2-4,9,15-16H,5-8,10-12H2,1H3,(H,19,22)/p+1/t15-,16-/m1/s1. The molecule has 0 aromatic heterocycles. The van der Waals surface area contributed by atoms with E-state index in [1.807, 2.05) is 18.2 Å². The molecule has 26 heavy (non-hydrogen) atoms. The van der Waals surface area contributed by atoms with Crippen LogP contribution in [-0.4, -0.2) is 77.1 Å². The lowest BCUT2D eigenvalue weighted by molar-refractivity contribution is -0.892. The molecule has 2 aliphatic rings. The zero-order valence-electron chi connectivity index (χ0n) is 14.8. The van der Waals surface area contributed by atoms with Gasteiger partial charge in [-0.3, -0.25) is 4.79 Å². The second kappa shape index (κ2) is 8.02. The molecule has 2 aliphatic heterocycles. The average molecular weight is 403 g/mol. The Morgan fingerprint density at radius 2 is 2.08 bits per heavy atom. The molecule has 0 bridgehead atoms. The highest BCUT2D eigenvalue weighted by molar-refractivity contribution is 7.91. The maximum Gasteiger partial charge on any atom is 0.275 e. The third-order valence-electron chi connectivity index (χ3n) is 4.93. The molecular weight excluding hydrogens is 378 g/mol. The Balaban J connectivity index is 1.47. The fraction of sp³-hybridized carbons (Fsp3) is 0.588. The number of piperazine rings is 1. The van der Waals surface area contributed by atoms with Crippen LogP contribution in [0.25, 0.3) is 0 Å². The molecule has 0 aliphatic carbocycles. The number of benzene rings is 1. The smallest absolute Gasteiger partial charge is 0.275 e.